The van der Waals surface area contributed by atoms with Crippen LogP contribution in [0.4, 0.5) is 0 Å². The number of aromatic hydroxyl groups is 1. The minimum Gasteiger partial charge on any atom is -0.506 e. The minimum atomic E-state index is -0.761. The molecule has 2 atom stereocenters. The first-order chi connectivity index (χ1) is 6.56. The Kier molecular flexibility index (Phi) is 3.75. The summed E-state index contributed by atoms with van der Waals surface area (Å²) in [7, 11) is 0. The van der Waals surface area contributed by atoms with Crippen LogP contribution in [-0.2, 0) is 0 Å². The van der Waals surface area contributed by atoms with Gasteiger partial charge in [-0.3, -0.25) is 0 Å². The van der Waals surface area contributed by atoms with Crippen molar-refractivity contribution in [3.05, 3.63) is 28.8 Å². The number of phenolic OH excluding ortho intramolecular Hbond substituents is 1. The van der Waals surface area contributed by atoms with Gasteiger partial charge in [-0.25, -0.2) is 0 Å². The Hall–Kier alpha value is -0.770. The highest BCUT2D eigenvalue weighted by Gasteiger charge is 2.15. The zero-order chi connectivity index (χ0) is 10.7. The molecule has 1 aromatic carbocycles. The number of nitrogens with two attached hydrogens (primary N) is 1. The number of benzene rings is 1. The SMILES string of the molecule is CCC(N)C(O)c1ccc(Cl)c(O)c1. The molecule has 0 spiro atoms. The van der Waals surface area contributed by atoms with Crippen LogP contribution in [0.2, 0.25) is 5.02 Å². The van der Waals surface area contributed by atoms with Crippen molar-refractivity contribution in [1.82, 2.24) is 0 Å². The lowest BCUT2D eigenvalue weighted by molar-refractivity contribution is 0.144. The molecule has 0 bridgehead atoms. The second-order valence-corrected chi connectivity index (χ2v) is 3.63. The predicted octanol–water partition coefficient (Wildman–Crippen LogP) is 1.82. The fourth-order valence-electron chi connectivity index (χ4n) is 1.18. The van der Waals surface area contributed by atoms with Gasteiger partial charge >= 0.3 is 0 Å². The molecule has 4 heteroatoms. The third-order valence-corrected chi connectivity index (χ3v) is 2.51. The lowest BCUT2D eigenvalue weighted by atomic mass is 10.0. The topological polar surface area (TPSA) is 66.5 Å². The number of hydrogen-bond donors (Lipinski definition) is 3. The zero-order valence-corrected chi connectivity index (χ0v) is 8.70. The van der Waals surface area contributed by atoms with Crippen LogP contribution in [-0.4, -0.2) is 16.3 Å². The van der Waals surface area contributed by atoms with Crippen molar-refractivity contribution in [2.24, 2.45) is 5.73 Å². The van der Waals surface area contributed by atoms with Crippen molar-refractivity contribution in [3.63, 3.8) is 0 Å². The van der Waals surface area contributed by atoms with E-state index in [0.717, 1.165) is 0 Å². The molecule has 1 rings (SSSR count). The standard InChI is InChI=1S/C10H14ClNO2/c1-2-8(12)10(14)6-3-4-7(11)9(13)5-6/h3-5,8,10,13-14H,2,12H2,1H3. The highest BCUT2D eigenvalue weighted by Crippen LogP contribution is 2.27. The smallest absolute Gasteiger partial charge is 0.134 e. The lowest BCUT2D eigenvalue weighted by Gasteiger charge is -2.17. The fourth-order valence-corrected chi connectivity index (χ4v) is 1.30. The minimum absolute atomic E-state index is 0.0356. The average molecular weight is 216 g/mol. The molecule has 0 aromatic heterocycles. The van der Waals surface area contributed by atoms with E-state index >= 15 is 0 Å². The molecule has 4 N–H and O–H groups in total. The second-order valence-electron chi connectivity index (χ2n) is 3.23. The summed E-state index contributed by atoms with van der Waals surface area (Å²) in [4.78, 5) is 0. The summed E-state index contributed by atoms with van der Waals surface area (Å²) in [6.07, 6.45) is -0.0898. The number of hydrogen-bond acceptors (Lipinski definition) is 3. The van der Waals surface area contributed by atoms with Crippen LogP contribution in [0.1, 0.15) is 25.0 Å². The zero-order valence-electron chi connectivity index (χ0n) is 7.94. The Labute approximate surface area is 88.1 Å². The van der Waals surface area contributed by atoms with Crippen LogP contribution < -0.4 is 5.73 Å². The molecule has 0 heterocycles. The van der Waals surface area contributed by atoms with E-state index in [9.17, 15) is 10.2 Å². The van der Waals surface area contributed by atoms with E-state index in [-0.39, 0.29) is 16.8 Å². The molecule has 0 aliphatic carbocycles. The molecule has 0 saturated carbocycles. The van der Waals surface area contributed by atoms with Gasteiger partial charge in [0.2, 0.25) is 0 Å². The van der Waals surface area contributed by atoms with Crippen LogP contribution in [0.25, 0.3) is 0 Å². The van der Waals surface area contributed by atoms with Gasteiger partial charge in [0.15, 0.2) is 0 Å². The maximum Gasteiger partial charge on any atom is 0.134 e. The van der Waals surface area contributed by atoms with Crippen LogP contribution in [0, 0.1) is 0 Å². The number of rotatable bonds is 3. The molecule has 1 aromatic rings. The van der Waals surface area contributed by atoms with Gasteiger partial charge in [0.25, 0.3) is 0 Å². The molecule has 2 unspecified atom stereocenters. The Bertz CT molecular complexity index is 317. The third-order valence-electron chi connectivity index (χ3n) is 2.19. The second kappa shape index (κ2) is 4.64. The first kappa shape index (κ1) is 11.3. The number of aliphatic hydroxyl groups excluding tert-OH is 1. The third kappa shape index (κ3) is 2.38. The highest BCUT2D eigenvalue weighted by atomic mass is 35.5. The Morgan fingerprint density at radius 1 is 1.50 bits per heavy atom. The molecule has 0 aliphatic rings. The quantitative estimate of drug-likeness (QED) is 0.721. The molecule has 0 saturated heterocycles. The largest absolute Gasteiger partial charge is 0.506 e. The predicted molar refractivity (Wildman–Crippen MR) is 56.3 cm³/mol. The van der Waals surface area contributed by atoms with E-state index in [1.54, 1.807) is 6.07 Å². The number of aliphatic hydroxyl groups is 1. The van der Waals surface area contributed by atoms with Crippen LogP contribution >= 0.6 is 11.6 Å². The Morgan fingerprint density at radius 2 is 2.14 bits per heavy atom. The first-order valence-electron chi connectivity index (χ1n) is 4.48. The van der Waals surface area contributed by atoms with Crippen LogP contribution in [0.5, 0.6) is 5.75 Å². The molecule has 0 radical (unpaired) electrons. The molecular formula is C10H14ClNO2. The van der Waals surface area contributed by atoms with Crippen LogP contribution in [0.15, 0.2) is 18.2 Å². The van der Waals surface area contributed by atoms with Crippen molar-refractivity contribution >= 4 is 11.6 Å². The maximum absolute atomic E-state index is 9.73. The summed E-state index contributed by atoms with van der Waals surface area (Å²) in [5.41, 5.74) is 6.26. The summed E-state index contributed by atoms with van der Waals surface area (Å²) in [5, 5.41) is 19.3. The molecular weight excluding hydrogens is 202 g/mol. The normalized spacial score (nSPS) is 15.1. The van der Waals surface area contributed by atoms with Crippen molar-refractivity contribution in [2.75, 3.05) is 0 Å². The van der Waals surface area contributed by atoms with Gasteiger partial charge in [-0.1, -0.05) is 24.6 Å². The molecule has 0 aliphatic heterocycles. The van der Waals surface area contributed by atoms with Gasteiger partial charge in [-0.05, 0) is 24.1 Å². The summed E-state index contributed by atoms with van der Waals surface area (Å²) >= 11 is 5.64. The van der Waals surface area contributed by atoms with E-state index < -0.39 is 6.10 Å². The Morgan fingerprint density at radius 3 is 2.64 bits per heavy atom. The summed E-state index contributed by atoms with van der Waals surface area (Å²) in [6, 6.07) is 4.30. The van der Waals surface area contributed by atoms with E-state index in [2.05, 4.69) is 0 Å². The molecule has 0 fully saturated rings. The summed E-state index contributed by atoms with van der Waals surface area (Å²) in [6.45, 7) is 1.89. The van der Waals surface area contributed by atoms with Crippen molar-refractivity contribution in [3.8, 4) is 5.75 Å². The van der Waals surface area contributed by atoms with Gasteiger partial charge in [-0.15, -0.1) is 0 Å². The van der Waals surface area contributed by atoms with E-state index in [0.29, 0.717) is 12.0 Å². The average Bonchev–Trinajstić information content (AvgIpc) is 2.20. The first-order valence-corrected chi connectivity index (χ1v) is 4.86. The van der Waals surface area contributed by atoms with E-state index in [1.807, 2.05) is 6.92 Å². The summed E-state index contributed by atoms with van der Waals surface area (Å²) in [5.74, 6) is -0.0356. The number of phenols is 1. The number of halogens is 1. The van der Waals surface area contributed by atoms with Crippen LogP contribution in [0.3, 0.4) is 0 Å². The monoisotopic (exact) mass is 215 g/mol. The highest BCUT2D eigenvalue weighted by molar-refractivity contribution is 6.32. The van der Waals surface area contributed by atoms with Gasteiger partial charge < -0.3 is 15.9 Å². The molecule has 14 heavy (non-hydrogen) atoms. The lowest BCUT2D eigenvalue weighted by Crippen LogP contribution is -2.27. The van der Waals surface area contributed by atoms with Gasteiger partial charge in [0, 0.05) is 6.04 Å². The molecule has 0 amide bonds. The van der Waals surface area contributed by atoms with E-state index in [1.165, 1.54) is 12.1 Å². The van der Waals surface area contributed by atoms with E-state index in [4.69, 9.17) is 17.3 Å². The molecule has 78 valence electrons. The fraction of sp³-hybridized carbons (Fsp3) is 0.400. The maximum atomic E-state index is 9.73. The Balaban J connectivity index is 2.91. The molecule has 3 nitrogen and oxygen atoms in total. The van der Waals surface area contributed by atoms with Gasteiger partial charge in [0.05, 0.1) is 11.1 Å². The van der Waals surface area contributed by atoms with Crippen molar-refractivity contribution < 1.29 is 10.2 Å². The summed E-state index contributed by atoms with van der Waals surface area (Å²) < 4.78 is 0. The van der Waals surface area contributed by atoms with Gasteiger partial charge in [-0.2, -0.15) is 0 Å². The van der Waals surface area contributed by atoms with Crippen molar-refractivity contribution in [1.29, 1.82) is 0 Å². The van der Waals surface area contributed by atoms with Gasteiger partial charge in [0.1, 0.15) is 5.75 Å². The van der Waals surface area contributed by atoms with Crippen molar-refractivity contribution in [2.45, 2.75) is 25.5 Å².